The number of hydrogen-bond acceptors (Lipinski definition) is 2. The van der Waals surface area contributed by atoms with E-state index in [1.165, 1.54) is 12.1 Å². The zero-order valence-electron chi connectivity index (χ0n) is 12.8. The van der Waals surface area contributed by atoms with E-state index in [0.717, 1.165) is 27.8 Å². The van der Waals surface area contributed by atoms with Gasteiger partial charge >= 0.3 is 0 Å². The number of oxazole rings is 1. The molecule has 1 aromatic heterocycles. The number of rotatable bonds is 3. The summed E-state index contributed by atoms with van der Waals surface area (Å²) in [5.41, 5.74) is 4.70. The average Bonchev–Trinajstić information content (AvgIpc) is 3.04. The number of benzene rings is 3. The van der Waals surface area contributed by atoms with Crippen LogP contribution in [0, 0.1) is 5.82 Å². The molecule has 0 atom stereocenters. The van der Waals surface area contributed by atoms with Crippen molar-refractivity contribution in [2.45, 2.75) is 0 Å². The Morgan fingerprint density at radius 1 is 0.792 bits per heavy atom. The van der Waals surface area contributed by atoms with Crippen molar-refractivity contribution in [3.05, 3.63) is 90.1 Å². The first kappa shape index (κ1) is 14.4. The zero-order valence-corrected chi connectivity index (χ0v) is 12.8. The lowest BCUT2D eigenvalue weighted by Crippen LogP contribution is -1.77. The van der Waals surface area contributed by atoms with E-state index in [-0.39, 0.29) is 5.82 Å². The Balaban J connectivity index is 1.64. The summed E-state index contributed by atoms with van der Waals surface area (Å²) in [6.45, 7) is 0. The highest BCUT2D eigenvalue weighted by Gasteiger charge is 2.05. The van der Waals surface area contributed by atoms with Crippen LogP contribution in [-0.4, -0.2) is 4.98 Å². The van der Waals surface area contributed by atoms with Crippen LogP contribution in [0.5, 0.6) is 0 Å². The minimum Gasteiger partial charge on any atom is -0.437 e. The van der Waals surface area contributed by atoms with Gasteiger partial charge in [-0.15, -0.1) is 0 Å². The molecule has 0 saturated carbocycles. The van der Waals surface area contributed by atoms with Gasteiger partial charge in [0.15, 0.2) is 5.58 Å². The molecule has 0 aliphatic carbocycles. The van der Waals surface area contributed by atoms with Gasteiger partial charge in [-0.25, -0.2) is 9.37 Å². The first-order valence-electron chi connectivity index (χ1n) is 7.68. The third-order valence-corrected chi connectivity index (χ3v) is 3.80. The van der Waals surface area contributed by atoms with Crippen LogP contribution in [0.1, 0.15) is 11.5 Å². The second kappa shape index (κ2) is 6.13. The van der Waals surface area contributed by atoms with Crippen LogP contribution < -0.4 is 0 Å². The lowest BCUT2D eigenvalue weighted by molar-refractivity contribution is 0.590. The molecule has 0 unspecified atom stereocenters. The third kappa shape index (κ3) is 2.97. The topological polar surface area (TPSA) is 26.0 Å². The van der Waals surface area contributed by atoms with Crippen molar-refractivity contribution in [1.29, 1.82) is 0 Å². The third-order valence-electron chi connectivity index (χ3n) is 3.80. The minimum atomic E-state index is -0.248. The molecule has 0 aliphatic rings. The van der Waals surface area contributed by atoms with Gasteiger partial charge < -0.3 is 4.42 Å². The summed E-state index contributed by atoms with van der Waals surface area (Å²) >= 11 is 0. The number of nitrogens with zero attached hydrogens (tertiary/aromatic N) is 1. The summed E-state index contributed by atoms with van der Waals surface area (Å²) in [5, 5.41) is 0. The fraction of sp³-hybridized carbons (Fsp3) is 0. The summed E-state index contributed by atoms with van der Waals surface area (Å²) < 4.78 is 18.6. The first-order valence-corrected chi connectivity index (χ1v) is 7.68. The molecule has 3 aromatic carbocycles. The van der Waals surface area contributed by atoms with E-state index in [4.69, 9.17) is 4.42 Å². The highest BCUT2D eigenvalue weighted by molar-refractivity contribution is 5.82. The first-order chi connectivity index (χ1) is 11.8. The van der Waals surface area contributed by atoms with Crippen molar-refractivity contribution in [3.8, 4) is 11.1 Å². The van der Waals surface area contributed by atoms with Gasteiger partial charge in [-0.2, -0.15) is 0 Å². The number of fused-ring (bicyclic) bond motifs is 1. The monoisotopic (exact) mass is 315 g/mol. The maximum Gasteiger partial charge on any atom is 0.220 e. The van der Waals surface area contributed by atoms with Crippen LogP contribution in [0.25, 0.3) is 34.4 Å². The van der Waals surface area contributed by atoms with Crippen molar-refractivity contribution in [3.63, 3.8) is 0 Å². The summed E-state index contributed by atoms with van der Waals surface area (Å²) in [6.07, 6.45) is 3.64. The highest BCUT2D eigenvalue weighted by Crippen LogP contribution is 2.25. The van der Waals surface area contributed by atoms with E-state index in [1.807, 2.05) is 42.5 Å². The van der Waals surface area contributed by atoms with E-state index in [1.54, 1.807) is 18.2 Å². The van der Waals surface area contributed by atoms with Crippen LogP contribution in [0.4, 0.5) is 4.39 Å². The van der Waals surface area contributed by atoms with E-state index in [2.05, 4.69) is 17.1 Å². The van der Waals surface area contributed by atoms with Gasteiger partial charge in [0, 0.05) is 6.08 Å². The van der Waals surface area contributed by atoms with E-state index in [0.29, 0.717) is 5.89 Å². The summed E-state index contributed by atoms with van der Waals surface area (Å²) in [7, 11) is 0. The molecule has 0 bridgehead atoms. The molecule has 1 heterocycles. The van der Waals surface area contributed by atoms with Crippen LogP contribution >= 0.6 is 0 Å². The molecule has 2 nitrogen and oxygen atoms in total. The number of aromatic nitrogens is 1. The lowest BCUT2D eigenvalue weighted by atomic mass is 10.1. The summed E-state index contributed by atoms with van der Waals surface area (Å²) in [5.74, 6) is 0.280. The molecular formula is C21H14FNO. The van der Waals surface area contributed by atoms with Crippen LogP contribution in [0.15, 0.2) is 77.2 Å². The molecule has 0 N–H and O–H groups in total. The highest BCUT2D eigenvalue weighted by atomic mass is 19.1. The molecule has 4 aromatic rings. The van der Waals surface area contributed by atoms with Gasteiger partial charge in [0.25, 0.3) is 0 Å². The fourth-order valence-corrected chi connectivity index (χ4v) is 2.57. The molecule has 0 fully saturated rings. The molecule has 116 valence electrons. The van der Waals surface area contributed by atoms with Gasteiger partial charge in [-0.1, -0.05) is 48.5 Å². The van der Waals surface area contributed by atoms with Gasteiger partial charge in [-0.05, 0) is 47.0 Å². The fourth-order valence-electron chi connectivity index (χ4n) is 2.57. The molecule has 0 saturated heterocycles. The van der Waals surface area contributed by atoms with Crippen LogP contribution in [0.2, 0.25) is 0 Å². The predicted molar refractivity (Wildman–Crippen MR) is 94.8 cm³/mol. The Hall–Kier alpha value is -3.20. The summed E-state index contributed by atoms with van der Waals surface area (Å²) in [4.78, 5) is 4.50. The van der Waals surface area contributed by atoms with E-state index in [9.17, 15) is 4.39 Å². The number of halogens is 1. The molecule has 4 rings (SSSR count). The molecule has 3 heteroatoms. The Morgan fingerprint density at radius 2 is 1.58 bits per heavy atom. The quantitative estimate of drug-likeness (QED) is 0.477. The second-order valence-corrected chi connectivity index (χ2v) is 5.49. The Bertz CT molecular complexity index is 1000. The average molecular weight is 315 g/mol. The molecule has 24 heavy (non-hydrogen) atoms. The van der Waals surface area contributed by atoms with Crippen LogP contribution in [-0.2, 0) is 0 Å². The van der Waals surface area contributed by atoms with E-state index >= 15 is 0 Å². The van der Waals surface area contributed by atoms with Gasteiger partial charge in [-0.3, -0.25) is 0 Å². The lowest BCUT2D eigenvalue weighted by Gasteiger charge is -1.99. The maximum absolute atomic E-state index is 12.9. The maximum atomic E-state index is 12.9. The Morgan fingerprint density at radius 3 is 2.38 bits per heavy atom. The van der Waals surface area contributed by atoms with Crippen molar-refractivity contribution in [1.82, 2.24) is 4.98 Å². The summed E-state index contributed by atoms with van der Waals surface area (Å²) in [6, 6.07) is 22.4. The van der Waals surface area contributed by atoms with Gasteiger partial charge in [0.2, 0.25) is 5.89 Å². The number of hydrogen-bond donors (Lipinski definition) is 0. The van der Waals surface area contributed by atoms with Gasteiger partial charge in [0.05, 0.1) is 0 Å². The van der Waals surface area contributed by atoms with Crippen molar-refractivity contribution in [2.24, 2.45) is 0 Å². The molecule has 0 radical (unpaired) electrons. The molecular weight excluding hydrogens is 301 g/mol. The molecule has 0 spiro atoms. The zero-order chi connectivity index (χ0) is 16.4. The van der Waals surface area contributed by atoms with Crippen molar-refractivity contribution in [2.75, 3.05) is 0 Å². The van der Waals surface area contributed by atoms with E-state index < -0.39 is 0 Å². The Kier molecular flexibility index (Phi) is 3.67. The molecule has 0 aliphatic heterocycles. The Labute approximate surface area is 138 Å². The standard InChI is InChI=1S/C21H14FNO/c22-18-10-6-15(7-11-18)8-13-21-23-19-14-17(9-12-20(19)24-21)16-4-2-1-3-5-16/h1-14H. The minimum absolute atomic E-state index is 0.248. The SMILES string of the molecule is Fc1ccc(C=Cc2nc3cc(-c4ccccc4)ccc3o2)cc1. The van der Waals surface area contributed by atoms with Crippen molar-refractivity contribution < 1.29 is 8.81 Å². The van der Waals surface area contributed by atoms with Crippen molar-refractivity contribution >= 4 is 23.3 Å². The normalized spacial score (nSPS) is 11.4. The van der Waals surface area contributed by atoms with Crippen LogP contribution in [0.3, 0.4) is 0 Å². The predicted octanol–water partition coefficient (Wildman–Crippen LogP) is 5.80. The van der Waals surface area contributed by atoms with Gasteiger partial charge in [0.1, 0.15) is 11.3 Å². The molecule has 0 amide bonds. The smallest absolute Gasteiger partial charge is 0.220 e. The second-order valence-electron chi connectivity index (χ2n) is 5.49. The largest absolute Gasteiger partial charge is 0.437 e.